The Hall–Kier alpha value is -0.910. The predicted octanol–water partition coefficient (Wildman–Crippen LogP) is 2.47. The highest BCUT2D eigenvalue weighted by molar-refractivity contribution is 5.82. The van der Waals surface area contributed by atoms with Crippen molar-refractivity contribution in [1.82, 2.24) is 0 Å². The Bertz CT molecular complexity index is 355. The summed E-state index contributed by atoms with van der Waals surface area (Å²) in [5.74, 6) is -0.477. The first-order chi connectivity index (χ1) is 11.0. The quantitative estimate of drug-likeness (QED) is 0.545. The Morgan fingerprint density at radius 3 is 2.61 bits per heavy atom. The monoisotopic (exact) mass is 328 g/mol. The van der Waals surface area contributed by atoms with Crippen LogP contribution in [0, 0.1) is 0 Å². The van der Waals surface area contributed by atoms with Crippen molar-refractivity contribution in [3.05, 3.63) is 12.2 Å². The summed E-state index contributed by atoms with van der Waals surface area (Å²) in [5, 5.41) is 29.5. The van der Waals surface area contributed by atoms with Gasteiger partial charge in [0.1, 0.15) is 6.10 Å². The molecule has 0 amide bonds. The van der Waals surface area contributed by atoms with Crippen molar-refractivity contribution in [2.45, 2.75) is 95.5 Å². The van der Waals surface area contributed by atoms with Crippen LogP contribution in [0.5, 0.6) is 0 Å². The van der Waals surface area contributed by atoms with Crippen LogP contribution in [0.2, 0.25) is 0 Å². The Labute approximate surface area is 139 Å². The molecule has 0 fully saturated rings. The number of aliphatic hydroxyl groups excluding tert-OH is 3. The molecule has 0 aromatic heterocycles. The molecule has 0 radical (unpaired) electrons. The number of esters is 1. The van der Waals surface area contributed by atoms with Gasteiger partial charge in [0, 0.05) is 12.5 Å². The number of unbranched alkanes of at least 4 members (excludes halogenated alkanes) is 2. The molecule has 0 aromatic rings. The Morgan fingerprint density at radius 2 is 1.87 bits per heavy atom. The van der Waals surface area contributed by atoms with Gasteiger partial charge in [-0.2, -0.15) is 0 Å². The van der Waals surface area contributed by atoms with Gasteiger partial charge in [-0.25, -0.2) is 4.79 Å². The fourth-order valence-corrected chi connectivity index (χ4v) is 2.86. The van der Waals surface area contributed by atoms with E-state index in [0.29, 0.717) is 6.42 Å². The third-order valence-electron chi connectivity index (χ3n) is 4.31. The van der Waals surface area contributed by atoms with E-state index in [0.717, 1.165) is 51.4 Å². The lowest BCUT2D eigenvalue weighted by Crippen LogP contribution is -2.29. The number of aliphatic hydroxyl groups is 3. The molecule has 0 saturated heterocycles. The highest BCUT2D eigenvalue weighted by Gasteiger charge is 2.19. The molecule has 0 aliphatic carbocycles. The standard InChI is InChI=1S/C18H32O5/c1-2-3-5-9-15-10-7-4-6-8-14(19)13-17(21)16(20)11-12-18(22)23-15/h11-12,14-17,19-21H,2-10,13H2,1H3/b12-11+/t14-,15-,16-,17+/m1/s1. The van der Waals surface area contributed by atoms with E-state index in [2.05, 4.69) is 6.92 Å². The average Bonchev–Trinajstić information content (AvgIpc) is 2.51. The first-order valence-electron chi connectivity index (χ1n) is 8.96. The minimum atomic E-state index is -1.17. The van der Waals surface area contributed by atoms with Crippen LogP contribution in [0.25, 0.3) is 0 Å². The van der Waals surface area contributed by atoms with E-state index in [1.165, 1.54) is 12.2 Å². The van der Waals surface area contributed by atoms with Crippen LogP contribution in [-0.2, 0) is 9.53 Å². The maximum absolute atomic E-state index is 11.9. The minimum Gasteiger partial charge on any atom is -0.459 e. The number of hydrogen-bond donors (Lipinski definition) is 3. The van der Waals surface area contributed by atoms with E-state index >= 15 is 0 Å². The van der Waals surface area contributed by atoms with E-state index < -0.39 is 24.3 Å². The van der Waals surface area contributed by atoms with Gasteiger partial charge in [0.25, 0.3) is 0 Å². The van der Waals surface area contributed by atoms with Crippen LogP contribution in [0.4, 0.5) is 0 Å². The zero-order valence-electron chi connectivity index (χ0n) is 14.2. The Balaban J connectivity index is 2.63. The highest BCUT2D eigenvalue weighted by Crippen LogP contribution is 2.18. The molecule has 1 aliphatic heterocycles. The van der Waals surface area contributed by atoms with E-state index in [1.54, 1.807) is 0 Å². The number of carbonyl (C=O) groups is 1. The number of carbonyl (C=O) groups excluding carboxylic acids is 1. The molecule has 3 N–H and O–H groups in total. The second-order valence-electron chi connectivity index (χ2n) is 6.50. The zero-order chi connectivity index (χ0) is 17.1. The van der Waals surface area contributed by atoms with Crippen molar-refractivity contribution in [2.75, 3.05) is 0 Å². The molecule has 5 nitrogen and oxygen atoms in total. The molecule has 0 unspecified atom stereocenters. The van der Waals surface area contributed by atoms with Crippen molar-refractivity contribution >= 4 is 5.97 Å². The third-order valence-corrected chi connectivity index (χ3v) is 4.31. The van der Waals surface area contributed by atoms with Gasteiger partial charge < -0.3 is 20.1 Å². The van der Waals surface area contributed by atoms with E-state index in [-0.39, 0.29) is 12.5 Å². The lowest BCUT2D eigenvalue weighted by atomic mass is 9.99. The molecule has 134 valence electrons. The van der Waals surface area contributed by atoms with Crippen molar-refractivity contribution in [3.8, 4) is 0 Å². The van der Waals surface area contributed by atoms with Gasteiger partial charge >= 0.3 is 5.97 Å². The molecular weight excluding hydrogens is 296 g/mol. The summed E-state index contributed by atoms with van der Waals surface area (Å²) in [7, 11) is 0. The molecule has 5 heteroatoms. The van der Waals surface area contributed by atoms with Gasteiger partial charge in [0.2, 0.25) is 0 Å². The van der Waals surface area contributed by atoms with Crippen molar-refractivity contribution in [1.29, 1.82) is 0 Å². The smallest absolute Gasteiger partial charge is 0.330 e. The fourth-order valence-electron chi connectivity index (χ4n) is 2.86. The van der Waals surface area contributed by atoms with Gasteiger partial charge in [-0.3, -0.25) is 0 Å². The summed E-state index contributed by atoms with van der Waals surface area (Å²) >= 11 is 0. The van der Waals surface area contributed by atoms with Crippen molar-refractivity contribution in [3.63, 3.8) is 0 Å². The molecular formula is C18H32O5. The predicted molar refractivity (Wildman–Crippen MR) is 88.9 cm³/mol. The number of rotatable bonds is 4. The maximum atomic E-state index is 11.9. The first-order valence-corrected chi connectivity index (χ1v) is 8.96. The molecule has 0 spiro atoms. The molecule has 1 rings (SSSR count). The van der Waals surface area contributed by atoms with E-state index in [1.807, 2.05) is 0 Å². The highest BCUT2D eigenvalue weighted by atomic mass is 16.5. The SMILES string of the molecule is CCCCC[C@@H]1CCCCC[C@@H](O)C[C@H](O)[C@H](O)/C=C/C(=O)O1. The van der Waals surface area contributed by atoms with Crippen LogP contribution in [-0.4, -0.2) is 45.7 Å². The molecule has 0 saturated carbocycles. The third kappa shape index (κ3) is 9.08. The minimum absolute atomic E-state index is 0.0892. The van der Waals surface area contributed by atoms with Gasteiger partial charge in [0.15, 0.2) is 0 Å². The van der Waals surface area contributed by atoms with Crippen LogP contribution >= 0.6 is 0 Å². The van der Waals surface area contributed by atoms with Crippen molar-refractivity contribution < 1.29 is 24.9 Å². The lowest BCUT2D eigenvalue weighted by Gasteiger charge is -2.20. The van der Waals surface area contributed by atoms with E-state index in [4.69, 9.17) is 4.74 Å². The largest absolute Gasteiger partial charge is 0.459 e. The Morgan fingerprint density at radius 1 is 1.13 bits per heavy atom. The molecule has 23 heavy (non-hydrogen) atoms. The lowest BCUT2D eigenvalue weighted by molar-refractivity contribution is -0.143. The normalized spacial score (nSPS) is 32.8. The molecule has 1 heterocycles. The average molecular weight is 328 g/mol. The van der Waals surface area contributed by atoms with E-state index in [9.17, 15) is 20.1 Å². The van der Waals surface area contributed by atoms with Gasteiger partial charge in [0.05, 0.1) is 18.3 Å². The van der Waals surface area contributed by atoms with Gasteiger partial charge in [-0.15, -0.1) is 0 Å². The summed E-state index contributed by atoms with van der Waals surface area (Å²) < 4.78 is 5.48. The summed E-state index contributed by atoms with van der Waals surface area (Å²) in [6.45, 7) is 2.14. The zero-order valence-corrected chi connectivity index (χ0v) is 14.2. The second-order valence-corrected chi connectivity index (χ2v) is 6.50. The van der Waals surface area contributed by atoms with Crippen LogP contribution < -0.4 is 0 Å². The van der Waals surface area contributed by atoms with Crippen LogP contribution in [0.15, 0.2) is 12.2 Å². The topological polar surface area (TPSA) is 87.0 Å². The van der Waals surface area contributed by atoms with Gasteiger partial charge in [-0.05, 0) is 38.2 Å². The maximum Gasteiger partial charge on any atom is 0.330 e. The van der Waals surface area contributed by atoms with Crippen molar-refractivity contribution in [2.24, 2.45) is 0 Å². The molecule has 0 aromatic carbocycles. The fraction of sp³-hybridized carbons (Fsp3) is 0.833. The number of cyclic esters (lactones) is 1. The molecule has 4 atom stereocenters. The molecule has 1 aliphatic rings. The summed E-state index contributed by atoms with van der Waals surface area (Å²) in [6.07, 6.45) is 8.00. The second kappa shape index (κ2) is 11.6. The molecule has 0 bridgehead atoms. The summed E-state index contributed by atoms with van der Waals surface area (Å²) in [5.41, 5.74) is 0. The van der Waals surface area contributed by atoms with Crippen LogP contribution in [0.1, 0.15) is 71.1 Å². The first kappa shape index (κ1) is 20.1. The summed E-state index contributed by atoms with van der Waals surface area (Å²) in [4.78, 5) is 11.9. The summed E-state index contributed by atoms with van der Waals surface area (Å²) in [6, 6.07) is 0. The van der Waals surface area contributed by atoms with Crippen LogP contribution in [0.3, 0.4) is 0 Å². The number of hydrogen-bond acceptors (Lipinski definition) is 5. The van der Waals surface area contributed by atoms with Gasteiger partial charge in [-0.1, -0.05) is 32.6 Å². The number of ether oxygens (including phenoxy) is 1. The Kier molecular flexibility index (Phi) is 10.2.